The van der Waals surface area contributed by atoms with Crippen molar-refractivity contribution in [2.24, 2.45) is 0 Å². The summed E-state index contributed by atoms with van der Waals surface area (Å²) < 4.78 is 45.8. The summed E-state index contributed by atoms with van der Waals surface area (Å²) in [6.45, 7) is 2.23. The second-order valence-electron chi connectivity index (χ2n) is 8.42. The Balaban J connectivity index is 1.40. The zero-order chi connectivity index (χ0) is 26.7. The number of nitrogens with zero attached hydrogens (tertiary/aromatic N) is 2. The average Bonchev–Trinajstić information content (AvgIpc) is 3.43. The minimum absolute atomic E-state index is 0.370. The van der Waals surface area contributed by atoms with Crippen molar-refractivity contribution in [2.45, 2.75) is 38.4 Å². The second kappa shape index (κ2) is 10.6. The first-order chi connectivity index (χ1) is 17.5. The molecule has 7 nitrogen and oxygen atoms in total. The summed E-state index contributed by atoms with van der Waals surface area (Å²) in [5, 5.41) is 19.9. The molecule has 4 rings (SSSR count). The van der Waals surface area contributed by atoms with Gasteiger partial charge in [0.2, 0.25) is 0 Å². The van der Waals surface area contributed by atoms with Gasteiger partial charge in [0, 0.05) is 22.0 Å². The van der Waals surface area contributed by atoms with E-state index in [1.165, 1.54) is 28.0 Å². The Morgan fingerprint density at radius 3 is 2.49 bits per heavy atom. The fraction of sp³-hybridized carbons (Fsp3) is 0.269. The van der Waals surface area contributed by atoms with Crippen molar-refractivity contribution < 1.29 is 37.7 Å². The highest BCUT2D eigenvalue weighted by molar-refractivity contribution is 7.15. The van der Waals surface area contributed by atoms with Crippen molar-refractivity contribution in [1.29, 1.82) is 0 Å². The zero-order valence-corrected chi connectivity index (χ0v) is 20.5. The van der Waals surface area contributed by atoms with Gasteiger partial charge >= 0.3 is 18.1 Å². The van der Waals surface area contributed by atoms with Crippen LogP contribution in [-0.4, -0.2) is 38.3 Å². The maximum atomic E-state index is 12.8. The molecule has 0 aliphatic carbocycles. The van der Waals surface area contributed by atoms with Crippen LogP contribution in [0.2, 0.25) is 0 Å². The van der Waals surface area contributed by atoms with Crippen LogP contribution in [-0.2, 0) is 22.2 Å². The van der Waals surface area contributed by atoms with Gasteiger partial charge in [0.05, 0.1) is 29.8 Å². The second-order valence-corrected chi connectivity index (χ2v) is 9.50. The smallest absolute Gasteiger partial charge is 0.416 e. The van der Waals surface area contributed by atoms with Crippen LogP contribution >= 0.6 is 11.3 Å². The highest BCUT2D eigenvalue weighted by atomic mass is 32.1. The van der Waals surface area contributed by atoms with Crippen LogP contribution in [0.25, 0.3) is 21.5 Å². The van der Waals surface area contributed by atoms with Crippen LogP contribution in [0, 0.1) is 6.92 Å². The van der Waals surface area contributed by atoms with Gasteiger partial charge in [-0.15, -0.1) is 11.3 Å². The molecule has 0 fully saturated rings. The van der Waals surface area contributed by atoms with Crippen molar-refractivity contribution in [1.82, 2.24) is 9.55 Å². The van der Waals surface area contributed by atoms with Gasteiger partial charge in [-0.05, 0) is 50.1 Å². The molecule has 0 aliphatic rings. The molecular formula is C26H23F3N2O5S. The molecule has 1 atom stereocenters. The van der Waals surface area contributed by atoms with Crippen LogP contribution < -0.4 is 4.74 Å². The van der Waals surface area contributed by atoms with E-state index in [4.69, 9.17) is 9.84 Å². The van der Waals surface area contributed by atoms with Crippen molar-refractivity contribution in [3.05, 3.63) is 70.9 Å². The first kappa shape index (κ1) is 26.2. The fourth-order valence-electron chi connectivity index (χ4n) is 4.03. The highest BCUT2D eigenvalue weighted by Gasteiger charge is 2.30. The van der Waals surface area contributed by atoms with Crippen molar-refractivity contribution in [3.8, 4) is 16.3 Å². The minimum atomic E-state index is -4.38. The predicted molar refractivity (Wildman–Crippen MR) is 132 cm³/mol. The van der Waals surface area contributed by atoms with E-state index in [0.717, 1.165) is 22.7 Å². The Bertz CT molecular complexity index is 1430. The van der Waals surface area contributed by atoms with Crippen LogP contribution in [0.5, 0.6) is 5.75 Å². The van der Waals surface area contributed by atoms with E-state index in [2.05, 4.69) is 4.98 Å². The van der Waals surface area contributed by atoms with Gasteiger partial charge in [-0.25, -0.2) is 9.78 Å². The number of aliphatic carboxylic acids is 2. The molecule has 4 aromatic rings. The summed E-state index contributed by atoms with van der Waals surface area (Å²) in [4.78, 5) is 28.3. The molecule has 0 aliphatic heterocycles. The van der Waals surface area contributed by atoms with E-state index < -0.39 is 36.1 Å². The summed E-state index contributed by atoms with van der Waals surface area (Å²) >= 11 is 1.43. The molecule has 2 heterocycles. The molecule has 0 saturated heterocycles. The van der Waals surface area contributed by atoms with Crippen LogP contribution in [0.1, 0.15) is 35.0 Å². The number of halogens is 3. The number of thiazole rings is 1. The number of alkyl halides is 3. The number of rotatable bonds is 10. The van der Waals surface area contributed by atoms with Gasteiger partial charge in [-0.2, -0.15) is 13.2 Å². The van der Waals surface area contributed by atoms with Crippen LogP contribution in [0.15, 0.2) is 54.7 Å². The number of carboxylic acids is 2. The molecule has 0 amide bonds. The molecule has 0 radical (unpaired) electrons. The van der Waals surface area contributed by atoms with E-state index in [1.54, 1.807) is 30.5 Å². The lowest BCUT2D eigenvalue weighted by molar-refractivity contribution is -0.147. The Morgan fingerprint density at radius 2 is 1.84 bits per heavy atom. The van der Waals surface area contributed by atoms with E-state index in [9.17, 15) is 27.9 Å². The van der Waals surface area contributed by atoms with Crippen molar-refractivity contribution in [3.63, 3.8) is 0 Å². The predicted octanol–water partition coefficient (Wildman–Crippen LogP) is 6.20. The molecule has 11 heteroatoms. The Morgan fingerprint density at radius 1 is 1.11 bits per heavy atom. The molecule has 2 N–H and O–H groups in total. The fourth-order valence-corrected chi connectivity index (χ4v) is 5.14. The number of hydrogen-bond donors (Lipinski definition) is 2. The standard InChI is InChI=1S/C26H23F3N2O5S/c1-15-22(37-24(30-15)16-7-9-17(10-8-16)26(27,28)29)6-3-13-36-21-5-2-4-19-18(21)11-12-31(19)20(25(34)35)14-23(32)33/h2,4-5,7-12,20H,3,6,13-14H2,1H3,(H,32,33)(H,34,35). The average molecular weight is 533 g/mol. The lowest BCUT2D eigenvalue weighted by Gasteiger charge is -2.14. The third-order valence-electron chi connectivity index (χ3n) is 5.87. The number of benzene rings is 2. The van der Waals surface area contributed by atoms with E-state index in [0.29, 0.717) is 46.7 Å². The molecule has 194 valence electrons. The first-order valence-corrected chi connectivity index (χ1v) is 12.2. The minimum Gasteiger partial charge on any atom is -0.493 e. The van der Waals surface area contributed by atoms with Gasteiger partial charge in [-0.1, -0.05) is 18.2 Å². The maximum Gasteiger partial charge on any atom is 0.416 e. The summed E-state index contributed by atoms with van der Waals surface area (Å²) in [5.41, 5.74) is 1.30. The number of aryl methyl sites for hydroxylation is 2. The lowest BCUT2D eigenvalue weighted by Crippen LogP contribution is -2.21. The van der Waals surface area contributed by atoms with E-state index >= 15 is 0 Å². The Kier molecular flexibility index (Phi) is 7.53. The van der Waals surface area contributed by atoms with Gasteiger partial charge < -0.3 is 19.5 Å². The quantitative estimate of drug-likeness (QED) is 0.236. The summed E-state index contributed by atoms with van der Waals surface area (Å²) in [7, 11) is 0. The number of carboxylic acid groups (broad SMARTS) is 2. The Labute approximate surface area is 213 Å². The maximum absolute atomic E-state index is 12.8. The number of ether oxygens (including phenoxy) is 1. The van der Waals surface area contributed by atoms with Crippen LogP contribution in [0.3, 0.4) is 0 Å². The molecule has 2 aromatic carbocycles. The number of hydrogen-bond acceptors (Lipinski definition) is 5. The molecule has 37 heavy (non-hydrogen) atoms. The zero-order valence-electron chi connectivity index (χ0n) is 19.7. The molecule has 0 spiro atoms. The monoisotopic (exact) mass is 532 g/mol. The summed E-state index contributed by atoms with van der Waals surface area (Å²) in [6.07, 6.45) is -2.06. The van der Waals surface area contributed by atoms with E-state index in [1.807, 2.05) is 6.92 Å². The SMILES string of the molecule is Cc1nc(-c2ccc(C(F)(F)F)cc2)sc1CCCOc1cccc2c1ccn2C(CC(=O)O)C(=O)O. The van der Waals surface area contributed by atoms with Gasteiger partial charge in [0.15, 0.2) is 0 Å². The number of fused-ring (bicyclic) bond motifs is 1. The lowest BCUT2D eigenvalue weighted by atomic mass is 10.1. The number of carbonyl (C=O) groups is 2. The summed E-state index contributed by atoms with van der Waals surface area (Å²) in [5.74, 6) is -1.88. The third-order valence-corrected chi connectivity index (χ3v) is 7.14. The largest absolute Gasteiger partial charge is 0.493 e. The Hall–Kier alpha value is -3.86. The third kappa shape index (κ3) is 5.93. The summed E-state index contributed by atoms with van der Waals surface area (Å²) in [6, 6.07) is 10.6. The topological polar surface area (TPSA) is 102 Å². The molecule has 0 saturated carbocycles. The van der Waals surface area contributed by atoms with E-state index in [-0.39, 0.29) is 0 Å². The molecule has 0 bridgehead atoms. The van der Waals surface area contributed by atoms with Gasteiger partial charge in [-0.3, -0.25) is 4.79 Å². The molecule has 2 aromatic heterocycles. The van der Waals surface area contributed by atoms with Gasteiger partial charge in [0.1, 0.15) is 16.8 Å². The van der Waals surface area contributed by atoms with Gasteiger partial charge in [0.25, 0.3) is 0 Å². The number of aromatic nitrogens is 2. The first-order valence-electron chi connectivity index (χ1n) is 11.4. The van der Waals surface area contributed by atoms with Crippen LogP contribution in [0.4, 0.5) is 13.2 Å². The van der Waals surface area contributed by atoms with Crippen molar-refractivity contribution >= 4 is 34.2 Å². The highest BCUT2D eigenvalue weighted by Crippen LogP contribution is 2.34. The molecule has 1 unspecified atom stereocenters. The van der Waals surface area contributed by atoms with Crippen molar-refractivity contribution in [2.75, 3.05) is 6.61 Å². The molecular weight excluding hydrogens is 509 g/mol. The normalized spacial score (nSPS) is 12.5.